The summed E-state index contributed by atoms with van der Waals surface area (Å²) in [6, 6.07) is 4.45. The van der Waals surface area contributed by atoms with E-state index in [2.05, 4.69) is 0 Å². The fraction of sp³-hybridized carbons (Fsp3) is 0.444. The first-order chi connectivity index (χ1) is 11.3. The molecule has 1 saturated carbocycles. The lowest BCUT2D eigenvalue weighted by atomic mass is 10.1. The minimum atomic E-state index is -1.29. The Bertz CT molecular complexity index is 681. The van der Waals surface area contributed by atoms with Crippen LogP contribution in [0.15, 0.2) is 23.8 Å². The van der Waals surface area contributed by atoms with Gasteiger partial charge in [-0.3, -0.25) is 0 Å². The van der Waals surface area contributed by atoms with E-state index in [9.17, 15) is 14.0 Å². The van der Waals surface area contributed by atoms with Gasteiger partial charge in [0.15, 0.2) is 0 Å². The van der Waals surface area contributed by atoms with E-state index in [1.54, 1.807) is 12.1 Å². The first-order valence-corrected chi connectivity index (χ1v) is 7.88. The van der Waals surface area contributed by atoms with E-state index < -0.39 is 23.5 Å². The highest BCUT2D eigenvalue weighted by Crippen LogP contribution is 2.29. The lowest BCUT2D eigenvalue weighted by Gasteiger charge is -2.29. The van der Waals surface area contributed by atoms with Gasteiger partial charge in [-0.2, -0.15) is 0 Å². The second-order valence-corrected chi connectivity index (χ2v) is 6.55. The second-order valence-electron chi connectivity index (χ2n) is 6.55. The molecule has 2 fully saturated rings. The predicted molar refractivity (Wildman–Crippen MR) is 83.0 cm³/mol. The molecule has 0 atom stereocenters. The molecule has 128 valence electrons. The summed E-state index contributed by atoms with van der Waals surface area (Å²) in [7, 11) is 0. The Morgan fingerprint density at radius 2 is 1.92 bits per heavy atom. The topological polar surface area (TPSA) is 61.8 Å². The molecule has 1 heterocycles. The monoisotopic (exact) mass is 334 g/mol. The van der Waals surface area contributed by atoms with Crippen LogP contribution < -0.4 is 0 Å². The zero-order valence-electron chi connectivity index (χ0n) is 13.6. The lowest BCUT2D eigenvalue weighted by molar-refractivity contribution is -0.222. The van der Waals surface area contributed by atoms with Gasteiger partial charge in [0.05, 0.1) is 6.61 Å². The average Bonchev–Trinajstić information content (AvgIpc) is 3.28. The van der Waals surface area contributed by atoms with Crippen molar-refractivity contribution >= 4 is 18.0 Å². The van der Waals surface area contributed by atoms with Crippen LogP contribution in [-0.4, -0.2) is 24.3 Å². The molecule has 0 N–H and O–H groups in total. The molecule has 1 aliphatic carbocycles. The molecule has 1 aromatic carbocycles. The normalized spacial score (nSPS) is 19.7. The maximum atomic E-state index is 14.1. The summed E-state index contributed by atoms with van der Waals surface area (Å²) in [6.45, 7) is 3.79. The largest absolute Gasteiger partial charge is 0.419 e. The molecule has 6 heteroatoms. The Labute approximate surface area is 139 Å². The Balaban J connectivity index is 1.71. The van der Waals surface area contributed by atoms with Crippen LogP contribution in [0.4, 0.5) is 4.39 Å². The molecule has 0 spiro atoms. The van der Waals surface area contributed by atoms with Crippen molar-refractivity contribution in [3.05, 3.63) is 40.7 Å². The first-order valence-electron chi connectivity index (χ1n) is 7.88. The molecule has 1 aromatic rings. The van der Waals surface area contributed by atoms with E-state index in [-0.39, 0.29) is 12.2 Å². The van der Waals surface area contributed by atoms with Crippen molar-refractivity contribution < 1.29 is 28.2 Å². The number of esters is 2. The summed E-state index contributed by atoms with van der Waals surface area (Å²) in [6.07, 6.45) is 3.62. The molecule has 5 nitrogen and oxygen atoms in total. The molecule has 0 unspecified atom stereocenters. The van der Waals surface area contributed by atoms with E-state index in [4.69, 9.17) is 14.2 Å². The summed E-state index contributed by atoms with van der Waals surface area (Å²) in [4.78, 5) is 23.8. The molecule has 24 heavy (non-hydrogen) atoms. The van der Waals surface area contributed by atoms with E-state index in [0.717, 1.165) is 0 Å². The van der Waals surface area contributed by atoms with Crippen LogP contribution in [0.1, 0.15) is 37.8 Å². The molecular weight excluding hydrogens is 315 g/mol. The molecule has 0 amide bonds. The fourth-order valence-electron chi connectivity index (χ4n) is 2.34. The van der Waals surface area contributed by atoms with Crippen LogP contribution in [0.2, 0.25) is 0 Å². The number of rotatable bonds is 5. The number of benzene rings is 1. The van der Waals surface area contributed by atoms with Gasteiger partial charge in [-0.1, -0.05) is 12.1 Å². The molecule has 1 saturated heterocycles. The van der Waals surface area contributed by atoms with Gasteiger partial charge < -0.3 is 14.2 Å². The Morgan fingerprint density at radius 3 is 2.50 bits per heavy atom. The molecule has 0 aromatic heterocycles. The van der Waals surface area contributed by atoms with Crippen molar-refractivity contribution in [1.82, 2.24) is 0 Å². The van der Waals surface area contributed by atoms with Crippen molar-refractivity contribution in [2.75, 3.05) is 6.61 Å². The van der Waals surface area contributed by atoms with Gasteiger partial charge in [-0.15, -0.1) is 0 Å². The van der Waals surface area contributed by atoms with Gasteiger partial charge in [0, 0.05) is 26.0 Å². The lowest BCUT2D eigenvalue weighted by Crippen LogP contribution is -2.41. The Morgan fingerprint density at radius 1 is 1.25 bits per heavy atom. The summed E-state index contributed by atoms with van der Waals surface area (Å²) < 4.78 is 29.6. The Kier molecular flexibility index (Phi) is 4.41. The van der Waals surface area contributed by atoms with Gasteiger partial charge in [-0.05, 0) is 36.5 Å². The van der Waals surface area contributed by atoms with Crippen molar-refractivity contribution in [3.63, 3.8) is 0 Å². The third-order valence-corrected chi connectivity index (χ3v) is 3.81. The van der Waals surface area contributed by atoms with Crippen molar-refractivity contribution in [2.45, 2.75) is 39.1 Å². The van der Waals surface area contributed by atoms with E-state index in [0.29, 0.717) is 23.7 Å². The number of hydrogen-bond acceptors (Lipinski definition) is 5. The first kappa shape index (κ1) is 16.6. The van der Waals surface area contributed by atoms with Crippen molar-refractivity contribution in [3.8, 4) is 0 Å². The zero-order chi connectivity index (χ0) is 17.3. The van der Waals surface area contributed by atoms with Gasteiger partial charge in [0.1, 0.15) is 11.4 Å². The van der Waals surface area contributed by atoms with Crippen molar-refractivity contribution in [2.24, 2.45) is 5.92 Å². The fourth-order valence-corrected chi connectivity index (χ4v) is 2.34. The number of ether oxygens (including phenoxy) is 3. The summed E-state index contributed by atoms with van der Waals surface area (Å²) in [5.41, 5.74) is 0.557. The van der Waals surface area contributed by atoms with E-state index in [1.807, 2.05) is 0 Å². The maximum absolute atomic E-state index is 14.1. The highest BCUT2D eigenvalue weighted by atomic mass is 19.1. The number of carbonyl (C=O) groups excluding carboxylic acids is 2. The SMILES string of the molecule is CC1(C)OC(=O)C(=Cc2ccc(COCC3CC3)c(F)c2)C(=O)O1. The third kappa shape index (κ3) is 4.00. The average molecular weight is 334 g/mol. The molecule has 3 rings (SSSR count). The number of cyclic esters (lactones) is 2. The van der Waals surface area contributed by atoms with Gasteiger partial charge in [0.25, 0.3) is 5.79 Å². The standard InChI is InChI=1S/C18H19FO5/c1-18(2)23-16(20)14(17(21)24-18)7-12-5-6-13(15(19)8-12)10-22-9-11-3-4-11/h5-8,11H,3-4,9-10H2,1-2H3. The van der Waals surface area contributed by atoms with Crippen LogP contribution in [0, 0.1) is 11.7 Å². The van der Waals surface area contributed by atoms with Crippen LogP contribution in [0.3, 0.4) is 0 Å². The van der Waals surface area contributed by atoms with Gasteiger partial charge in [-0.25, -0.2) is 14.0 Å². The smallest absolute Gasteiger partial charge is 0.348 e. The van der Waals surface area contributed by atoms with Gasteiger partial charge in [0.2, 0.25) is 0 Å². The molecular formula is C18H19FO5. The highest BCUT2D eigenvalue weighted by molar-refractivity contribution is 6.18. The van der Waals surface area contributed by atoms with Crippen LogP contribution in [0.5, 0.6) is 0 Å². The Hall–Kier alpha value is -2.21. The summed E-state index contributed by atoms with van der Waals surface area (Å²) >= 11 is 0. The van der Waals surface area contributed by atoms with E-state index >= 15 is 0 Å². The second kappa shape index (κ2) is 6.36. The summed E-state index contributed by atoms with van der Waals surface area (Å²) in [5.74, 6) is -2.69. The minimum absolute atomic E-state index is 0.206. The third-order valence-electron chi connectivity index (χ3n) is 3.81. The predicted octanol–water partition coefficient (Wildman–Crippen LogP) is 2.97. The maximum Gasteiger partial charge on any atom is 0.348 e. The molecule has 2 aliphatic rings. The minimum Gasteiger partial charge on any atom is -0.419 e. The number of halogens is 1. The van der Waals surface area contributed by atoms with E-state index in [1.165, 1.54) is 38.8 Å². The molecule has 1 aliphatic heterocycles. The van der Waals surface area contributed by atoms with Gasteiger partial charge >= 0.3 is 11.9 Å². The molecule has 0 bridgehead atoms. The van der Waals surface area contributed by atoms with Crippen molar-refractivity contribution in [1.29, 1.82) is 0 Å². The number of carbonyl (C=O) groups is 2. The quantitative estimate of drug-likeness (QED) is 0.471. The van der Waals surface area contributed by atoms with Crippen LogP contribution in [0.25, 0.3) is 6.08 Å². The highest BCUT2D eigenvalue weighted by Gasteiger charge is 2.38. The van der Waals surface area contributed by atoms with Crippen LogP contribution >= 0.6 is 0 Å². The molecule has 0 radical (unpaired) electrons. The van der Waals surface area contributed by atoms with Crippen LogP contribution in [-0.2, 0) is 30.4 Å². The zero-order valence-corrected chi connectivity index (χ0v) is 13.6. The summed E-state index contributed by atoms with van der Waals surface area (Å²) in [5, 5.41) is 0. The number of hydrogen-bond donors (Lipinski definition) is 0.